The summed E-state index contributed by atoms with van der Waals surface area (Å²) in [7, 11) is 0. The zero-order valence-electron chi connectivity index (χ0n) is 18.8. The monoisotopic (exact) mass is 443 g/mol. The van der Waals surface area contributed by atoms with Gasteiger partial charge in [-0.15, -0.1) is 0 Å². The summed E-state index contributed by atoms with van der Waals surface area (Å²) >= 11 is 0. The molecular weight excluding hydrogens is 418 g/mol. The molecule has 4 heteroatoms. The second kappa shape index (κ2) is 7.39. The summed E-state index contributed by atoms with van der Waals surface area (Å²) in [5.74, 6) is 0.0507. The predicted molar refractivity (Wildman–Crippen MR) is 131 cm³/mol. The second-order valence-electron chi connectivity index (χ2n) is 9.28. The zero-order chi connectivity index (χ0) is 22.7. The number of hydrazine groups is 1. The van der Waals surface area contributed by atoms with Crippen LogP contribution in [0.1, 0.15) is 44.8 Å². The Morgan fingerprint density at radius 2 is 1.35 bits per heavy atom. The number of hydrogen-bond donors (Lipinski definition) is 0. The van der Waals surface area contributed by atoms with Gasteiger partial charge in [-0.05, 0) is 40.8 Å². The molecule has 4 aromatic carbocycles. The fourth-order valence-electron chi connectivity index (χ4n) is 6.20. The molecule has 7 rings (SSSR count). The van der Waals surface area contributed by atoms with Gasteiger partial charge in [0.15, 0.2) is 5.66 Å². The third-order valence-electron chi connectivity index (χ3n) is 7.58. The Balaban J connectivity index is 1.48. The maximum absolute atomic E-state index is 14.3. The number of benzene rings is 4. The van der Waals surface area contributed by atoms with Gasteiger partial charge in [-0.3, -0.25) is 4.79 Å². The maximum Gasteiger partial charge on any atom is 0.270 e. The highest BCUT2D eigenvalue weighted by Gasteiger charge is 2.78. The quantitative estimate of drug-likeness (QED) is 0.390. The second-order valence-corrected chi connectivity index (χ2v) is 9.28. The number of hydrogen-bond acceptors (Lipinski definition) is 3. The van der Waals surface area contributed by atoms with E-state index in [2.05, 4.69) is 93.8 Å². The molecule has 0 aromatic heterocycles. The largest absolute Gasteiger partial charge is 0.270 e. The Morgan fingerprint density at radius 1 is 0.735 bits per heavy atom. The molecule has 3 heterocycles. The predicted octanol–water partition coefficient (Wildman–Crippen LogP) is 5.52. The Morgan fingerprint density at radius 3 is 2.09 bits per heavy atom. The number of amides is 1. The van der Waals surface area contributed by atoms with Crippen molar-refractivity contribution >= 4 is 5.91 Å². The minimum absolute atomic E-state index is 0.0167. The van der Waals surface area contributed by atoms with E-state index in [4.69, 9.17) is 0 Å². The molecule has 0 radical (unpaired) electrons. The van der Waals surface area contributed by atoms with Gasteiger partial charge in [0, 0.05) is 12.1 Å². The third kappa shape index (κ3) is 2.58. The maximum atomic E-state index is 14.3. The first-order chi connectivity index (χ1) is 16.8. The van der Waals surface area contributed by atoms with Gasteiger partial charge in [-0.1, -0.05) is 103 Å². The molecular formula is C30H25N3O. The highest BCUT2D eigenvalue weighted by molar-refractivity contribution is 5.95. The highest BCUT2D eigenvalue weighted by atomic mass is 16.2. The molecule has 2 fully saturated rings. The molecule has 2 saturated heterocycles. The van der Waals surface area contributed by atoms with E-state index >= 15 is 0 Å². The lowest BCUT2D eigenvalue weighted by atomic mass is 9.96. The van der Waals surface area contributed by atoms with E-state index < -0.39 is 5.66 Å². The van der Waals surface area contributed by atoms with E-state index in [0.29, 0.717) is 0 Å². The lowest BCUT2D eigenvalue weighted by Crippen LogP contribution is -2.52. The van der Waals surface area contributed by atoms with Gasteiger partial charge in [-0.2, -0.15) is 5.01 Å². The lowest BCUT2D eigenvalue weighted by molar-refractivity contribution is -0.0480. The summed E-state index contributed by atoms with van der Waals surface area (Å²) in [6.45, 7) is 0.812. The van der Waals surface area contributed by atoms with Crippen molar-refractivity contribution in [2.45, 2.75) is 24.3 Å². The zero-order valence-corrected chi connectivity index (χ0v) is 18.8. The van der Waals surface area contributed by atoms with Crippen molar-refractivity contribution in [1.82, 2.24) is 14.9 Å². The van der Waals surface area contributed by atoms with Crippen LogP contribution >= 0.6 is 0 Å². The number of fused-ring (bicyclic) bond motifs is 5. The average molecular weight is 444 g/mol. The molecule has 4 atom stereocenters. The standard InChI is InChI=1S/C30H25N3O/c34-29(24-15-6-2-7-16-24)33-30(25-17-8-3-9-18-25)27(23-13-4-1-5-14-23)32(30)28-26-19-11-10-12-22(26)20-21-31(28)33/h1-19,27-28H,20-21H2/t27-,28+,30-,32?/m0/s1. The van der Waals surface area contributed by atoms with Gasteiger partial charge in [0.2, 0.25) is 0 Å². The Hall–Kier alpha value is -3.73. The Bertz CT molecular complexity index is 1360. The fourth-order valence-corrected chi connectivity index (χ4v) is 6.20. The molecule has 1 amide bonds. The summed E-state index contributed by atoms with van der Waals surface area (Å²) < 4.78 is 0. The van der Waals surface area contributed by atoms with E-state index in [1.54, 1.807) is 0 Å². The van der Waals surface area contributed by atoms with Gasteiger partial charge in [-0.25, -0.2) is 9.91 Å². The number of nitrogens with zero attached hydrogens (tertiary/aromatic N) is 3. The molecule has 3 aliphatic heterocycles. The molecule has 0 saturated carbocycles. The SMILES string of the molecule is O=C(c1ccccc1)N1N2CCc3ccccc3[C@H]2N2[C@@H](c3ccccc3)[C@@]21c1ccccc1. The normalized spacial score (nSPS) is 26.9. The van der Waals surface area contributed by atoms with Crippen molar-refractivity contribution in [3.05, 3.63) is 143 Å². The molecule has 4 aromatic rings. The van der Waals surface area contributed by atoms with Gasteiger partial charge in [0.25, 0.3) is 5.91 Å². The minimum Gasteiger partial charge on any atom is -0.268 e. The fraction of sp³-hybridized carbons (Fsp3) is 0.167. The van der Waals surface area contributed by atoms with Crippen LogP contribution < -0.4 is 0 Å². The summed E-state index contributed by atoms with van der Waals surface area (Å²) in [6.07, 6.45) is 0.947. The smallest absolute Gasteiger partial charge is 0.268 e. The van der Waals surface area contributed by atoms with Crippen LogP contribution in [0, 0.1) is 0 Å². The van der Waals surface area contributed by atoms with Crippen LogP contribution in [0.25, 0.3) is 0 Å². The van der Waals surface area contributed by atoms with Crippen molar-refractivity contribution in [2.75, 3.05) is 6.54 Å². The van der Waals surface area contributed by atoms with Crippen molar-refractivity contribution in [2.24, 2.45) is 0 Å². The van der Waals surface area contributed by atoms with E-state index in [0.717, 1.165) is 24.1 Å². The minimum atomic E-state index is -0.558. The van der Waals surface area contributed by atoms with Crippen molar-refractivity contribution in [3.8, 4) is 0 Å². The first kappa shape index (κ1) is 19.7. The van der Waals surface area contributed by atoms with Gasteiger partial charge in [0.1, 0.15) is 6.17 Å². The van der Waals surface area contributed by atoms with Crippen LogP contribution in [-0.2, 0) is 12.1 Å². The molecule has 4 nitrogen and oxygen atoms in total. The molecule has 3 aliphatic rings. The summed E-state index contributed by atoms with van der Waals surface area (Å²) in [4.78, 5) is 16.8. The van der Waals surface area contributed by atoms with Crippen LogP contribution in [0.5, 0.6) is 0 Å². The first-order valence-corrected chi connectivity index (χ1v) is 11.9. The summed E-state index contributed by atoms with van der Waals surface area (Å²) in [5.41, 5.74) is 5.22. The Kier molecular flexibility index (Phi) is 4.28. The van der Waals surface area contributed by atoms with Crippen molar-refractivity contribution in [3.63, 3.8) is 0 Å². The summed E-state index contributed by atoms with van der Waals surface area (Å²) in [5, 5.41) is 4.39. The van der Waals surface area contributed by atoms with Crippen LogP contribution in [-0.4, -0.2) is 27.4 Å². The molecule has 0 aliphatic carbocycles. The molecule has 0 bridgehead atoms. The topological polar surface area (TPSA) is 26.6 Å². The van der Waals surface area contributed by atoms with Crippen LogP contribution in [0.15, 0.2) is 115 Å². The number of rotatable bonds is 3. The average Bonchev–Trinajstić information content (AvgIpc) is 3.50. The van der Waals surface area contributed by atoms with Crippen LogP contribution in [0.3, 0.4) is 0 Å². The van der Waals surface area contributed by atoms with Crippen LogP contribution in [0.2, 0.25) is 0 Å². The summed E-state index contributed by atoms with van der Waals surface area (Å²) in [6, 6.07) is 39.7. The molecule has 0 N–H and O–H groups in total. The van der Waals surface area contributed by atoms with Gasteiger partial charge < -0.3 is 0 Å². The van der Waals surface area contributed by atoms with E-state index in [9.17, 15) is 4.79 Å². The highest BCUT2D eigenvalue weighted by Crippen LogP contribution is 2.72. The molecule has 1 unspecified atom stereocenters. The van der Waals surface area contributed by atoms with Gasteiger partial charge >= 0.3 is 0 Å². The van der Waals surface area contributed by atoms with Crippen LogP contribution in [0.4, 0.5) is 0 Å². The molecule has 0 spiro atoms. The Labute approximate surface area is 199 Å². The number of carbonyl (C=O) groups excluding carboxylic acids is 1. The first-order valence-electron chi connectivity index (χ1n) is 11.9. The molecule has 34 heavy (non-hydrogen) atoms. The lowest BCUT2D eigenvalue weighted by Gasteiger charge is -2.41. The molecule has 166 valence electrons. The van der Waals surface area contributed by atoms with Crippen molar-refractivity contribution < 1.29 is 4.79 Å². The number of carbonyl (C=O) groups is 1. The van der Waals surface area contributed by atoms with E-state index in [1.165, 1.54) is 16.7 Å². The van der Waals surface area contributed by atoms with E-state index in [1.807, 2.05) is 36.4 Å². The van der Waals surface area contributed by atoms with E-state index in [-0.39, 0.29) is 18.1 Å². The van der Waals surface area contributed by atoms with Crippen molar-refractivity contribution in [1.29, 1.82) is 0 Å². The van der Waals surface area contributed by atoms with Gasteiger partial charge in [0.05, 0.1) is 6.04 Å². The third-order valence-corrected chi connectivity index (χ3v) is 7.58.